The van der Waals surface area contributed by atoms with Gasteiger partial charge in [0.25, 0.3) is 0 Å². The highest BCUT2D eigenvalue weighted by molar-refractivity contribution is 4.75. The van der Waals surface area contributed by atoms with Crippen LogP contribution in [-0.2, 0) is 9.47 Å². The molecule has 1 fully saturated rings. The fourth-order valence-electron chi connectivity index (χ4n) is 2.92. The fourth-order valence-corrected chi connectivity index (χ4v) is 2.92. The van der Waals surface area contributed by atoms with Gasteiger partial charge in [0.1, 0.15) is 0 Å². The summed E-state index contributed by atoms with van der Waals surface area (Å²) in [5.41, 5.74) is 0. The minimum absolute atomic E-state index is 0.487. The van der Waals surface area contributed by atoms with Crippen molar-refractivity contribution >= 4 is 0 Å². The first-order valence-corrected chi connectivity index (χ1v) is 8.12. The van der Waals surface area contributed by atoms with Gasteiger partial charge in [0.15, 0.2) is 0 Å². The molecule has 2 atom stereocenters. The smallest absolute Gasteiger partial charge is 0.0594 e. The number of unbranched alkanes of at least 4 members (excludes halogenated alkanes) is 1. The van der Waals surface area contributed by atoms with E-state index in [9.17, 15) is 0 Å². The Kier molecular flexibility index (Phi) is 9.48. The van der Waals surface area contributed by atoms with Crippen LogP contribution >= 0.6 is 0 Å². The van der Waals surface area contributed by atoms with E-state index in [1.807, 2.05) is 0 Å². The second-order valence-corrected chi connectivity index (χ2v) is 6.13. The SMILES string of the molecule is CCCCOCCNCCOC1CC(C)CC(C)C1. The van der Waals surface area contributed by atoms with Gasteiger partial charge in [0.2, 0.25) is 0 Å². The van der Waals surface area contributed by atoms with Crippen LogP contribution in [0.1, 0.15) is 52.9 Å². The van der Waals surface area contributed by atoms with Crippen molar-refractivity contribution in [1.29, 1.82) is 0 Å². The van der Waals surface area contributed by atoms with Crippen molar-refractivity contribution in [3.8, 4) is 0 Å². The molecule has 114 valence electrons. The maximum atomic E-state index is 5.97. The molecule has 0 aromatic rings. The standard InChI is InChI=1S/C16H33NO2/c1-4-5-8-18-9-6-17-7-10-19-16-12-14(2)11-15(3)13-16/h14-17H,4-13H2,1-3H3. The molecule has 0 aromatic heterocycles. The first-order chi connectivity index (χ1) is 9.22. The number of ether oxygens (including phenoxy) is 2. The average molecular weight is 271 g/mol. The molecular weight excluding hydrogens is 238 g/mol. The summed E-state index contributed by atoms with van der Waals surface area (Å²) >= 11 is 0. The van der Waals surface area contributed by atoms with E-state index < -0.39 is 0 Å². The van der Waals surface area contributed by atoms with E-state index in [1.165, 1.54) is 32.1 Å². The van der Waals surface area contributed by atoms with Gasteiger partial charge in [-0.2, -0.15) is 0 Å². The van der Waals surface area contributed by atoms with Gasteiger partial charge in [-0.3, -0.25) is 0 Å². The minimum Gasteiger partial charge on any atom is -0.380 e. The lowest BCUT2D eigenvalue weighted by atomic mass is 9.82. The summed E-state index contributed by atoms with van der Waals surface area (Å²) in [5.74, 6) is 1.65. The van der Waals surface area contributed by atoms with Crippen molar-refractivity contribution in [2.24, 2.45) is 11.8 Å². The quantitative estimate of drug-likeness (QED) is 0.619. The van der Waals surface area contributed by atoms with E-state index in [0.717, 1.165) is 44.7 Å². The van der Waals surface area contributed by atoms with Crippen molar-refractivity contribution in [3.63, 3.8) is 0 Å². The van der Waals surface area contributed by atoms with Crippen LogP contribution in [0.3, 0.4) is 0 Å². The lowest BCUT2D eigenvalue weighted by Crippen LogP contribution is -2.30. The van der Waals surface area contributed by atoms with Crippen LogP contribution in [-0.4, -0.2) is 39.0 Å². The summed E-state index contributed by atoms with van der Waals surface area (Å²) in [7, 11) is 0. The molecule has 0 saturated heterocycles. The van der Waals surface area contributed by atoms with Crippen LogP contribution in [0, 0.1) is 11.8 Å². The Morgan fingerprint density at radius 1 is 0.947 bits per heavy atom. The van der Waals surface area contributed by atoms with Gasteiger partial charge in [0.05, 0.1) is 19.3 Å². The second-order valence-electron chi connectivity index (χ2n) is 6.13. The first-order valence-electron chi connectivity index (χ1n) is 8.12. The van der Waals surface area contributed by atoms with Gasteiger partial charge in [-0.05, 0) is 37.5 Å². The van der Waals surface area contributed by atoms with Crippen molar-refractivity contribution in [3.05, 3.63) is 0 Å². The summed E-state index contributed by atoms with van der Waals surface area (Å²) in [6.07, 6.45) is 6.71. The monoisotopic (exact) mass is 271 g/mol. The molecule has 3 heteroatoms. The van der Waals surface area contributed by atoms with Crippen molar-refractivity contribution in [1.82, 2.24) is 5.32 Å². The molecule has 0 aromatic carbocycles. The van der Waals surface area contributed by atoms with E-state index in [1.54, 1.807) is 0 Å². The van der Waals surface area contributed by atoms with Gasteiger partial charge in [0, 0.05) is 19.7 Å². The summed E-state index contributed by atoms with van der Waals surface area (Å²) in [5, 5.41) is 3.37. The third-order valence-electron chi connectivity index (χ3n) is 3.83. The average Bonchev–Trinajstić information content (AvgIpc) is 2.36. The Hall–Kier alpha value is -0.120. The van der Waals surface area contributed by atoms with E-state index in [-0.39, 0.29) is 0 Å². The van der Waals surface area contributed by atoms with E-state index in [2.05, 4.69) is 26.1 Å². The summed E-state index contributed by atoms with van der Waals surface area (Å²) < 4.78 is 11.5. The fraction of sp³-hybridized carbons (Fsp3) is 1.00. The molecule has 0 radical (unpaired) electrons. The number of rotatable bonds is 10. The lowest BCUT2D eigenvalue weighted by Gasteiger charge is -2.31. The van der Waals surface area contributed by atoms with Crippen LogP contribution < -0.4 is 5.32 Å². The van der Waals surface area contributed by atoms with Gasteiger partial charge in [-0.15, -0.1) is 0 Å². The summed E-state index contributed by atoms with van der Waals surface area (Å²) in [6.45, 7) is 11.3. The maximum absolute atomic E-state index is 5.97. The third-order valence-corrected chi connectivity index (χ3v) is 3.83. The van der Waals surface area contributed by atoms with E-state index in [4.69, 9.17) is 9.47 Å². The predicted octanol–water partition coefficient (Wildman–Crippen LogP) is 3.23. The summed E-state index contributed by atoms with van der Waals surface area (Å²) in [4.78, 5) is 0. The molecule has 0 spiro atoms. The van der Waals surface area contributed by atoms with Crippen molar-refractivity contribution < 1.29 is 9.47 Å². The molecule has 19 heavy (non-hydrogen) atoms. The molecular formula is C16H33NO2. The molecule has 1 aliphatic rings. The number of hydrogen-bond acceptors (Lipinski definition) is 3. The molecule has 0 bridgehead atoms. The zero-order valence-electron chi connectivity index (χ0n) is 13.1. The van der Waals surface area contributed by atoms with Crippen molar-refractivity contribution in [2.75, 3.05) is 32.9 Å². The number of nitrogens with one attached hydrogen (secondary N) is 1. The molecule has 2 unspecified atom stereocenters. The van der Waals surface area contributed by atoms with Gasteiger partial charge < -0.3 is 14.8 Å². The van der Waals surface area contributed by atoms with Gasteiger partial charge in [-0.1, -0.05) is 27.2 Å². The van der Waals surface area contributed by atoms with Crippen LogP contribution in [0.2, 0.25) is 0 Å². The van der Waals surface area contributed by atoms with E-state index >= 15 is 0 Å². The highest BCUT2D eigenvalue weighted by Crippen LogP contribution is 2.30. The molecule has 3 nitrogen and oxygen atoms in total. The Balaban J connectivity index is 1.87. The summed E-state index contributed by atoms with van der Waals surface area (Å²) in [6, 6.07) is 0. The molecule has 1 rings (SSSR count). The van der Waals surface area contributed by atoms with Crippen molar-refractivity contribution in [2.45, 2.75) is 59.0 Å². The van der Waals surface area contributed by atoms with Crippen LogP contribution in [0.15, 0.2) is 0 Å². The van der Waals surface area contributed by atoms with Gasteiger partial charge >= 0.3 is 0 Å². The first kappa shape index (κ1) is 16.9. The Morgan fingerprint density at radius 3 is 2.32 bits per heavy atom. The normalized spacial score (nSPS) is 27.6. The predicted molar refractivity (Wildman–Crippen MR) is 80.5 cm³/mol. The minimum atomic E-state index is 0.487. The highest BCUT2D eigenvalue weighted by Gasteiger charge is 2.23. The van der Waals surface area contributed by atoms with Crippen LogP contribution in [0.4, 0.5) is 0 Å². The molecule has 0 aliphatic heterocycles. The Morgan fingerprint density at radius 2 is 1.63 bits per heavy atom. The second kappa shape index (κ2) is 10.6. The molecule has 1 N–H and O–H groups in total. The maximum Gasteiger partial charge on any atom is 0.0594 e. The Labute approximate surface area is 119 Å². The molecule has 1 aliphatic carbocycles. The number of hydrogen-bond donors (Lipinski definition) is 1. The zero-order chi connectivity index (χ0) is 13.9. The van der Waals surface area contributed by atoms with Crippen LogP contribution in [0.25, 0.3) is 0 Å². The lowest BCUT2D eigenvalue weighted by molar-refractivity contribution is 0.00225. The van der Waals surface area contributed by atoms with Crippen LogP contribution in [0.5, 0.6) is 0 Å². The van der Waals surface area contributed by atoms with E-state index in [0.29, 0.717) is 6.10 Å². The third kappa shape index (κ3) is 8.61. The zero-order valence-corrected chi connectivity index (χ0v) is 13.1. The molecule has 0 amide bonds. The molecule has 1 saturated carbocycles. The Bertz CT molecular complexity index is 201. The van der Waals surface area contributed by atoms with Gasteiger partial charge in [-0.25, -0.2) is 0 Å². The molecule has 0 heterocycles. The highest BCUT2D eigenvalue weighted by atomic mass is 16.5. The largest absolute Gasteiger partial charge is 0.380 e. The topological polar surface area (TPSA) is 30.5 Å².